The first-order valence-electron chi connectivity index (χ1n) is 9.27. The lowest BCUT2D eigenvalue weighted by Crippen LogP contribution is -2.54. The van der Waals surface area contributed by atoms with Gasteiger partial charge in [0.15, 0.2) is 5.78 Å². The van der Waals surface area contributed by atoms with E-state index in [2.05, 4.69) is 42.2 Å². The molecule has 2 heteroatoms. The Bertz CT molecular complexity index is 562. The molecule has 1 heterocycles. The molecule has 1 aliphatic heterocycles. The molecule has 0 amide bonds. The maximum Gasteiger partial charge on any atom is 0.155 e. The molecule has 23 heavy (non-hydrogen) atoms. The van der Waals surface area contributed by atoms with Crippen LogP contribution in [0, 0.1) is 0 Å². The summed E-state index contributed by atoms with van der Waals surface area (Å²) in [5.74, 6) is 0.340. The van der Waals surface area contributed by atoms with Gasteiger partial charge < -0.3 is 0 Å². The molecule has 2 aliphatic rings. The summed E-state index contributed by atoms with van der Waals surface area (Å²) in [5.41, 5.74) is 2.96. The van der Waals surface area contributed by atoms with Crippen molar-refractivity contribution >= 4 is 5.78 Å². The van der Waals surface area contributed by atoms with Crippen LogP contribution in [0.1, 0.15) is 63.9 Å². The number of likely N-dealkylation sites (tertiary alicyclic amines) is 1. The number of carbonyl (C=O) groups excluding carboxylic acids is 1. The minimum absolute atomic E-state index is 0.150. The van der Waals surface area contributed by atoms with E-state index < -0.39 is 0 Å². The van der Waals surface area contributed by atoms with E-state index >= 15 is 0 Å². The molecule has 3 rings (SSSR count). The predicted octanol–water partition coefficient (Wildman–Crippen LogP) is 4.89. The Kier molecular flexibility index (Phi) is 5.32. The van der Waals surface area contributed by atoms with Crippen molar-refractivity contribution in [2.75, 3.05) is 6.54 Å². The summed E-state index contributed by atoms with van der Waals surface area (Å²) in [7, 11) is 0. The smallest absolute Gasteiger partial charge is 0.155 e. The normalized spacial score (nSPS) is 25.6. The zero-order chi connectivity index (χ0) is 16.1. The highest BCUT2D eigenvalue weighted by atomic mass is 16.1. The first kappa shape index (κ1) is 16.4. The summed E-state index contributed by atoms with van der Waals surface area (Å²) in [6, 6.07) is 10.8. The van der Waals surface area contributed by atoms with E-state index in [1.807, 2.05) is 6.08 Å². The molecule has 1 aliphatic carbocycles. The summed E-state index contributed by atoms with van der Waals surface area (Å²) in [6.45, 7) is 4.41. The first-order chi connectivity index (χ1) is 11.2. The number of benzene rings is 1. The van der Waals surface area contributed by atoms with Gasteiger partial charge in [0.25, 0.3) is 0 Å². The van der Waals surface area contributed by atoms with Gasteiger partial charge in [-0.3, -0.25) is 9.69 Å². The molecule has 0 N–H and O–H groups in total. The van der Waals surface area contributed by atoms with Crippen molar-refractivity contribution in [3.63, 3.8) is 0 Å². The van der Waals surface area contributed by atoms with E-state index in [-0.39, 0.29) is 5.54 Å². The fourth-order valence-electron chi connectivity index (χ4n) is 4.34. The molecule has 1 aromatic rings. The number of unbranched alkanes of at least 4 members (excludes halogenated alkanes) is 1. The van der Waals surface area contributed by atoms with Gasteiger partial charge in [-0.25, -0.2) is 0 Å². The Labute approximate surface area is 140 Å². The van der Waals surface area contributed by atoms with E-state index in [0.29, 0.717) is 5.78 Å². The van der Waals surface area contributed by atoms with E-state index in [1.54, 1.807) is 0 Å². The average molecular weight is 311 g/mol. The number of rotatable bonds is 5. The van der Waals surface area contributed by atoms with Crippen molar-refractivity contribution in [1.82, 2.24) is 4.90 Å². The monoisotopic (exact) mass is 311 g/mol. The van der Waals surface area contributed by atoms with Crippen LogP contribution in [-0.2, 0) is 11.3 Å². The molecular formula is C21H29NO. The van der Waals surface area contributed by atoms with Gasteiger partial charge in [0.1, 0.15) is 0 Å². The zero-order valence-corrected chi connectivity index (χ0v) is 14.4. The molecule has 0 aromatic heterocycles. The highest BCUT2D eigenvalue weighted by molar-refractivity contribution is 5.92. The quantitative estimate of drug-likeness (QED) is 0.771. The van der Waals surface area contributed by atoms with Crippen LogP contribution in [0.4, 0.5) is 0 Å². The largest absolute Gasteiger partial charge is 0.295 e. The summed E-state index contributed by atoms with van der Waals surface area (Å²) in [5, 5.41) is 0. The highest BCUT2D eigenvalue weighted by Gasteiger charge is 2.43. The van der Waals surface area contributed by atoms with Crippen molar-refractivity contribution in [2.24, 2.45) is 0 Å². The van der Waals surface area contributed by atoms with Crippen LogP contribution >= 0.6 is 0 Å². The van der Waals surface area contributed by atoms with Gasteiger partial charge in [-0.15, -0.1) is 0 Å². The molecule has 1 unspecified atom stereocenters. The van der Waals surface area contributed by atoms with Crippen LogP contribution in [-0.4, -0.2) is 22.8 Å². The first-order valence-corrected chi connectivity index (χ1v) is 9.27. The minimum atomic E-state index is 0.150. The Balaban J connectivity index is 1.88. The third-order valence-corrected chi connectivity index (χ3v) is 5.61. The third-order valence-electron chi connectivity index (χ3n) is 5.61. The molecule has 0 radical (unpaired) electrons. The standard InChI is InChI=1S/C21H29NO/c1-2-3-11-19-16-20(23)12-14-21(19)13-7-8-15-22(21)17-18-9-5-4-6-10-18/h4-6,9-10,16H,2-3,7-8,11-15,17H2,1H3. The zero-order valence-electron chi connectivity index (χ0n) is 14.4. The Morgan fingerprint density at radius 2 is 1.96 bits per heavy atom. The molecule has 124 valence electrons. The fraction of sp³-hybridized carbons (Fsp3) is 0.571. The third kappa shape index (κ3) is 3.58. The average Bonchev–Trinajstić information content (AvgIpc) is 2.58. The van der Waals surface area contributed by atoms with Gasteiger partial charge in [0, 0.05) is 18.5 Å². The van der Waals surface area contributed by atoms with Gasteiger partial charge in [-0.05, 0) is 55.9 Å². The summed E-state index contributed by atoms with van der Waals surface area (Å²) in [4.78, 5) is 14.7. The van der Waals surface area contributed by atoms with E-state index in [4.69, 9.17) is 0 Å². The highest BCUT2D eigenvalue weighted by Crippen LogP contribution is 2.43. The number of ketones is 1. The number of piperidine rings is 1. The van der Waals surface area contributed by atoms with Gasteiger partial charge in [-0.2, -0.15) is 0 Å². The lowest BCUT2D eigenvalue weighted by molar-refractivity contribution is -0.116. The lowest BCUT2D eigenvalue weighted by Gasteiger charge is -2.50. The number of allylic oxidation sites excluding steroid dienone is 1. The number of hydrogen-bond donors (Lipinski definition) is 0. The van der Waals surface area contributed by atoms with Crippen LogP contribution in [0.3, 0.4) is 0 Å². The molecular weight excluding hydrogens is 282 g/mol. The summed E-state index contributed by atoms with van der Waals surface area (Å²) >= 11 is 0. The van der Waals surface area contributed by atoms with E-state index in [9.17, 15) is 4.79 Å². The Morgan fingerprint density at radius 3 is 2.74 bits per heavy atom. The van der Waals surface area contributed by atoms with Crippen LogP contribution < -0.4 is 0 Å². The van der Waals surface area contributed by atoms with Gasteiger partial charge in [-0.1, -0.05) is 50.1 Å². The van der Waals surface area contributed by atoms with Gasteiger partial charge in [0.2, 0.25) is 0 Å². The molecule has 0 bridgehead atoms. The number of nitrogens with zero attached hydrogens (tertiary/aromatic N) is 1. The second-order valence-corrected chi connectivity index (χ2v) is 7.14. The lowest BCUT2D eigenvalue weighted by atomic mass is 9.71. The van der Waals surface area contributed by atoms with Crippen LogP contribution in [0.15, 0.2) is 42.0 Å². The van der Waals surface area contributed by atoms with Gasteiger partial charge >= 0.3 is 0 Å². The number of hydrogen-bond acceptors (Lipinski definition) is 2. The van der Waals surface area contributed by atoms with Gasteiger partial charge in [0.05, 0.1) is 0 Å². The maximum absolute atomic E-state index is 12.0. The topological polar surface area (TPSA) is 20.3 Å². The SMILES string of the molecule is CCCCC1=CC(=O)CCC12CCCCN2Cc1ccccc1. The summed E-state index contributed by atoms with van der Waals surface area (Å²) in [6.07, 6.45) is 11.0. The van der Waals surface area contributed by atoms with Crippen LogP contribution in [0.2, 0.25) is 0 Å². The molecule has 1 spiro atoms. The Morgan fingerprint density at radius 1 is 1.13 bits per heavy atom. The predicted molar refractivity (Wildman–Crippen MR) is 95.3 cm³/mol. The molecule has 1 atom stereocenters. The van der Waals surface area contributed by atoms with Crippen molar-refractivity contribution in [1.29, 1.82) is 0 Å². The second-order valence-electron chi connectivity index (χ2n) is 7.14. The second kappa shape index (κ2) is 7.44. The van der Waals surface area contributed by atoms with Crippen molar-refractivity contribution in [2.45, 2.75) is 70.4 Å². The van der Waals surface area contributed by atoms with Crippen LogP contribution in [0.5, 0.6) is 0 Å². The van der Waals surface area contributed by atoms with E-state index in [1.165, 1.54) is 43.2 Å². The minimum Gasteiger partial charge on any atom is -0.295 e. The molecule has 1 fully saturated rings. The van der Waals surface area contributed by atoms with E-state index in [0.717, 1.165) is 32.4 Å². The Hall–Kier alpha value is -1.41. The van der Waals surface area contributed by atoms with Crippen molar-refractivity contribution < 1.29 is 4.79 Å². The van der Waals surface area contributed by atoms with Crippen molar-refractivity contribution in [3.05, 3.63) is 47.5 Å². The summed E-state index contributed by atoms with van der Waals surface area (Å²) < 4.78 is 0. The fourth-order valence-corrected chi connectivity index (χ4v) is 4.34. The number of carbonyl (C=O) groups is 1. The molecule has 2 nitrogen and oxygen atoms in total. The maximum atomic E-state index is 12.0. The molecule has 1 saturated heterocycles. The molecule has 1 aromatic carbocycles. The molecule has 0 saturated carbocycles. The van der Waals surface area contributed by atoms with Crippen LogP contribution in [0.25, 0.3) is 0 Å². The van der Waals surface area contributed by atoms with Crippen molar-refractivity contribution in [3.8, 4) is 0 Å².